The second-order valence-electron chi connectivity index (χ2n) is 6.11. The average Bonchev–Trinajstić information content (AvgIpc) is 3.19. The zero-order valence-electron chi connectivity index (χ0n) is 14.4. The molecule has 0 radical (unpaired) electrons. The van der Waals surface area contributed by atoms with Gasteiger partial charge >= 0.3 is 11.8 Å². The monoisotopic (exact) mass is 350 g/mol. The Balaban J connectivity index is 1.42. The molecule has 4 rings (SSSR count). The van der Waals surface area contributed by atoms with Gasteiger partial charge in [-0.05, 0) is 25.1 Å². The van der Waals surface area contributed by atoms with Gasteiger partial charge in [-0.1, -0.05) is 17.7 Å². The molecule has 8 nitrogen and oxygen atoms in total. The van der Waals surface area contributed by atoms with Crippen molar-refractivity contribution in [2.75, 3.05) is 31.1 Å². The summed E-state index contributed by atoms with van der Waals surface area (Å²) in [5, 5.41) is 7.92. The summed E-state index contributed by atoms with van der Waals surface area (Å²) in [4.78, 5) is 24.9. The standard InChI is InChI=1S/C18H18N6O2/c1-13-3-5-14(6-4-13)15-21-22-16(26-15)17(25)23-9-11-24(12-10-23)18-19-7-2-8-20-18/h2-8H,9-12H2,1H3. The van der Waals surface area contributed by atoms with Gasteiger partial charge in [-0.2, -0.15) is 0 Å². The van der Waals surface area contributed by atoms with Gasteiger partial charge in [0.1, 0.15) is 0 Å². The van der Waals surface area contributed by atoms with E-state index in [1.165, 1.54) is 0 Å². The quantitative estimate of drug-likeness (QED) is 0.711. The molecule has 3 heterocycles. The number of aryl methyl sites for hydroxylation is 1. The fourth-order valence-corrected chi connectivity index (χ4v) is 2.82. The minimum absolute atomic E-state index is 0.0185. The highest BCUT2D eigenvalue weighted by molar-refractivity contribution is 5.90. The van der Waals surface area contributed by atoms with Gasteiger partial charge in [0.05, 0.1) is 0 Å². The third-order valence-electron chi connectivity index (χ3n) is 4.31. The molecule has 1 aromatic carbocycles. The first-order valence-electron chi connectivity index (χ1n) is 8.42. The molecule has 1 amide bonds. The molecule has 0 unspecified atom stereocenters. The number of aromatic nitrogens is 4. The molecule has 1 fully saturated rings. The summed E-state index contributed by atoms with van der Waals surface area (Å²) in [6.07, 6.45) is 3.43. The van der Waals surface area contributed by atoms with Crippen LogP contribution in [0.1, 0.15) is 16.2 Å². The van der Waals surface area contributed by atoms with Gasteiger partial charge in [-0.3, -0.25) is 4.79 Å². The van der Waals surface area contributed by atoms with Crippen molar-refractivity contribution >= 4 is 11.9 Å². The van der Waals surface area contributed by atoms with Crippen molar-refractivity contribution in [3.63, 3.8) is 0 Å². The Kier molecular flexibility index (Phi) is 4.30. The van der Waals surface area contributed by atoms with Crippen LogP contribution in [0, 0.1) is 6.92 Å². The first-order chi connectivity index (χ1) is 12.7. The van der Waals surface area contributed by atoms with Gasteiger partial charge in [0.15, 0.2) is 0 Å². The minimum atomic E-state index is -0.246. The fourth-order valence-electron chi connectivity index (χ4n) is 2.82. The number of hydrogen-bond acceptors (Lipinski definition) is 7. The van der Waals surface area contributed by atoms with Crippen LogP contribution in [-0.2, 0) is 0 Å². The SMILES string of the molecule is Cc1ccc(-c2nnc(C(=O)N3CCN(c4ncccn4)CC3)o2)cc1. The summed E-state index contributed by atoms with van der Waals surface area (Å²) >= 11 is 0. The van der Waals surface area contributed by atoms with E-state index in [1.54, 1.807) is 23.4 Å². The Morgan fingerprint density at radius 2 is 1.69 bits per heavy atom. The smallest absolute Gasteiger partial charge is 0.311 e. The molecule has 0 bridgehead atoms. The Bertz CT molecular complexity index is 886. The molecular weight excluding hydrogens is 332 g/mol. The Labute approximate surface area is 150 Å². The fraction of sp³-hybridized carbons (Fsp3) is 0.278. The van der Waals surface area contributed by atoms with Crippen molar-refractivity contribution < 1.29 is 9.21 Å². The van der Waals surface area contributed by atoms with Crippen molar-refractivity contribution in [2.24, 2.45) is 0 Å². The molecule has 0 saturated carbocycles. The van der Waals surface area contributed by atoms with Crippen LogP contribution in [-0.4, -0.2) is 57.2 Å². The second-order valence-corrected chi connectivity index (χ2v) is 6.11. The molecular formula is C18H18N6O2. The first-order valence-corrected chi connectivity index (χ1v) is 8.42. The topological polar surface area (TPSA) is 88.3 Å². The molecule has 2 aromatic heterocycles. The molecule has 132 valence electrons. The van der Waals surface area contributed by atoms with Crippen LogP contribution in [0.3, 0.4) is 0 Å². The Hall–Kier alpha value is -3.29. The molecule has 0 aliphatic carbocycles. The van der Waals surface area contributed by atoms with E-state index < -0.39 is 0 Å². The third kappa shape index (κ3) is 3.26. The van der Waals surface area contributed by atoms with Crippen LogP contribution in [0.2, 0.25) is 0 Å². The van der Waals surface area contributed by atoms with Gasteiger partial charge in [0, 0.05) is 44.1 Å². The third-order valence-corrected chi connectivity index (χ3v) is 4.31. The molecule has 0 N–H and O–H groups in total. The maximum atomic E-state index is 12.6. The van der Waals surface area contributed by atoms with E-state index in [9.17, 15) is 4.79 Å². The lowest BCUT2D eigenvalue weighted by Crippen LogP contribution is -2.49. The largest absolute Gasteiger partial charge is 0.412 e. The number of piperazine rings is 1. The van der Waals surface area contributed by atoms with E-state index >= 15 is 0 Å². The molecule has 26 heavy (non-hydrogen) atoms. The lowest BCUT2D eigenvalue weighted by Gasteiger charge is -2.33. The number of hydrogen-bond donors (Lipinski definition) is 0. The van der Waals surface area contributed by atoms with E-state index in [4.69, 9.17) is 4.42 Å². The van der Waals surface area contributed by atoms with Gasteiger partial charge in [0.25, 0.3) is 0 Å². The first kappa shape index (κ1) is 16.2. The molecule has 0 atom stereocenters. The van der Waals surface area contributed by atoms with Crippen molar-refractivity contribution in [2.45, 2.75) is 6.92 Å². The summed E-state index contributed by atoms with van der Waals surface area (Å²) < 4.78 is 5.58. The van der Waals surface area contributed by atoms with Crippen LogP contribution < -0.4 is 4.90 Å². The predicted octanol–water partition coefficient (Wildman–Crippen LogP) is 1.80. The Morgan fingerprint density at radius 1 is 1.00 bits per heavy atom. The van der Waals surface area contributed by atoms with E-state index in [2.05, 4.69) is 25.1 Å². The summed E-state index contributed by atoms with van der Waals surface area (Å²) in [7, 11) is 0. The number of anilines is 1. The average molecular weight is 350 g/mol. The highest BCUT2D eigenvalue weighted by Gasteiger charge is 2.27. The van der Waals surface area contributed by atoms with Crippen molar-refractivity contribution in [1.82, 2.24) is 25.1 Å². The number of carbonyl (C=O) groups is 1. The molecule has 1 aliphatic heterocycles. The Morgan fingerprint density at radius 3 is 2.38 bits per heavy atom. The summed E-state index contributed by atoms with van der Waals surface area (Å²) in [6, 6.07) is 9.51. The van der Waals surface area contributed by atoms with Crippen molar-refractivity contribution in [3.05, 3.63) is 54.2 Å². The van der Waals surface area contributed by atoms with E-state index in [1.807, 2.05) is 31.2 Å². The zero-order valence-corrected chi connectivity index (χ0v) is 14.4. The van der Waals surface area contributed by atoms with Gasteiger partial charge in [-0.25, -0.2) is 9.97 Å². The van der Waals surface area contributed by atoms with Crippen LogP contribution in [0.15, 0.2) is 47.1 Å². The molecule has 3 aromatic rings. The van der Waals surface area contributed by atoms with E-state index in [0.717, 1.165) is 11.1 Å². The molecule has 0 spiro atoms. The van der Waals surface area contributed by atoms with Gasteiger partial charge in [-0.15, -0.1) is 10.2 Å². The highest BCUT2D eigenvalue weighted by Crippen LogP contribution is 2.19. The summed E-state index contributed by atoms with van der Waals surface area (Å²) in [5.74, 6) is 0.804. The van der Waals surface area contributed by atoms with Crippen LogP contribution in [0.4, 0.5) is 5.95 Å². The van der Waals surface area contributed by atoms with Crippen molar-refractivity contribution in [3.8, 4) is 11.5 Å². The summed E-state index contributed by atoms with van der Waals surface area (Å²) in [5.41, 5.74) is 1.94. The summed E-state index contributed by atoms with van der Waals surface area (Å²) in [6.45, 7) is 4.44. The molecule has 8 heteroatoms. The van der Waals surface area contributed by atoms with E-state index in [0.29, 0.717) is 38.0 Å². The molecule has 1 aliphatic rings. The minimum Gasteiger partial charge on any atom is -0.412 e. The second kappa shape index (κ2) is 6.91. The number of amides is 1. The maximum Gasteiger partial charge on any atom is 0.311 e. The van der Waals surface area contributed by atoms with Gasteiger partial charge in [0.2, 0.25) is 11.8 Å². The highest BCUT2D eigenvalue weighted by atomic mass is 16.4. The number of rotatable bonds is 3. The normalized spacial score (nSPS) is 14.5. The van der Waals surface area contributed by atoms with Crippen molar-refractivity contribution in [1.29, 1.82) is 0 Å². The maximum absolute atomic E-state index is 12.6. The van der Waals surface area contributed by atoms with Crippen LogP contribution >= 0.6 is 0 Å². The zero-order chi connectivity index (χ0) is 17.9. The number of carbonyl (C=O) groups excluding carboxylic acids is 1. The number of nitrogens with zero attached hydrogens (tertiary/aromatic N) is 6. The van der Waals surface area contributed by atoms with Crippen LogP contribution in [0.25, 0.3) is 11.5 Å². The van der Waals surface area contributed by atoms with Gasteiger partial charge < -0.3 is 14.2 Å². The lowest BCUT2D eigenvalue weighted by molar-refractivity contribution is 0.0706. The predicted molar refractivity (Wildman–Crippen MR) is 94.6 cm³/mol. The van der Waals surface area contributed by atoms with Crippen LogP contribution in [0.5, 0.6) is 0 Å². The molecule has 1 saturated heterocycles. The number of benzene rings is 1. The lowest BCUT2D eigenvalue weighted by atomic mass is 10.1. The van der Waals surface area contributed by atoms with E-state index in [-0.39, 0.29) is 11.8 Å².